The van der Waals surface area contributed by atoms with E-state index in [0.29, 0.717) is 12.8 Å². The van der Waals surface area contributed by atoms with Gasteiger partial charge in [-0.05, 0) is 77.0 Å². The Morgan fingerprint density at radius 3 is 1.29 bits per heavy atom. The summed E-state index contributed by atoms with van der Waals surface area (Å²) < 4.78 is 32.9. The minimum absolute atomic E-state index is 0.0492. The van der Waals surface area contributed by atoms with Crippen LogP contribution >= 0.6 is 7.82 Å². The lowest BCUT2D eigenvalue weighted by atomic mass is 10.0. The second kappa shape index (κ2) is 48.2. The molecule has 10 heteroatoms. The molecular formula is C52H94NO8P. The molecule has 0 saturated heterocycles. The van der Waals surface area contributed by atoms with Crippen LogP contribution in [0.25, 0.3) is 0 Å². The fourth-order valence-electron chi connectivity index (χ4n) is 6.84. The van der Waals surface area contributed by atoms with Crippen LogP contribution in [0.1, 0.15) is 226 Å². The maximum absolute atomic E-state index is 12.6. The first-order chi connectivity index (χ1) is 30.3. The Kier molecular flexibility index (Phi) is 46.4. The second-order valence-electron chi connectivity index (χ2n) is 16.7. The first-order valence-electron chi connectivity index (χ1n) is 25.3. The molecule has 0 spiro atoms. The summed E-state index contributed by atoms with van der Waals surface area (Å²) in [7, 11) is -4.39. The second-order valence-corrected chi connectivity index (χ2v) is 18.1. The highest BCUT2D eigenvalue weighted by atomic mass is 31.2. The van der Waals surface area contributed by atoms with Crippen LogP contribution in [-0.4, -0.2) is 49.3 Å². The molecule has 360 valence electrons. The molecule has 0 radical (unpaired) electrons. The van der Waals surface area contributed by atoms with Gasteiger partial charge in [0.15, 0.2) is 6.10 Å². The van der Waals surface area contributed by atoms with Crippen molar-refractivity contribution in [3.05, 3.63) is 60.8 Å². The average Bonchev–Trinajstić information content (AvgIpc) is 3.26. The predicted octanol–water partition coefficient (Wildman–Crippen LogP) is 15.2. The van der Waals surface area contributed by atoms with Crippen molar-refractivity contribution in [2.24, 2.45) is 5.73 Å². The standard InChI is InChI=1S/C52H94NO8P/c1-3-5-7-9-11-13-15-17-19-20-21-22-23-24-25-26-27-28-29-30-31-33-35-37-39-41-43-45-52(55)61-50(49-60-62(56,57)59-47-46-53)48-58-51(54)44-42-40-38-36-34-32-18-16-14-12-10-8-6-4-2/h10,12,15-18,20-21,23-24,50H,3-9,11,13-14,19,22,25-49,53H2,1-2H3,(H,56,57)/b12-10-,17-15-,18-16-,21-20-,24-23-. The average molecular weight is 892 g/mol. The van der Waals surface area contributed by atoms with Crippen molar-refractivity contribution in [3.63, 3.8) is 0 Å². The van der Waals surface area contributed by atoms with E-state index >= 15 is 0 Å². The molecule has 0 heterocycles. The largest absolute Gasteiger partial charge is 0.472 e. The Morgan fingerprint density at radius 2 is 0.855 bits per heavy atom. The number of esters is 2. The van der Waals surface area contributed by atoms with Crippen LogP contribution in [-0.2, 0) is 32.7 Å². The van der Waals surface area contributed by atoms with Gasteiger partial charge in [-0.25, -0.2) is 4.57 Å². The Hall–Kier alpha value is -2.29. The van der Waals surface area contributed by atoms with Crippen molar-refractivity contribution < 1.29 is 37.6 Å². The van der Waals surface area contributed by atoms with Crippen LogP contribution < -0.4 is 5.73 Å². The van der Waals surface area contributed by atoms with Gasteiger partial charge in [0.1, 0.15) is 6.61 Å². The van der Waals surface area contributed by atoms with Gasteiger partial charge in [-0.3, -0.25) is 18.6 Å². The third-order valence-electron chi connectivity index (χ3n) is 10.6. The van der Waals surface area contributed by atoms with E-state index in [1.165, 1.54) is 109 Å². The van der Waals surface area contributed by atoms with Crippen molar-refractivity contribution in [2.75, 3.05) is 26.4 Å². The highest BCUT2D eigenvalue weighted by Gasteiger charge is 2.26. The van der Waals surface area contributed by atoms with Crippen molar-refractivity contribution in [1.82, 2.24) is 0 Å². The molecule has 0 bridgehead atoms. The zero-order valence-corrected chi connectivity index (χ0v) is 40.7. The van der Waals surface area contributed by atoms with Gasteiger partial charge >= 0.3 is 19.8 Å². The normalized spacial score (nSPS) is 13.7. The fourth-order valence-corrected chi connectivity index (χ4v) is 7.60. The molecule has 0 fully saturated rings. The molecule has 0 aromatic heterocycles. The Labute approximate surface area is 380 Å². The van der Waals surface area contributed by atoms with Crippen molar-refractivity contribution >= 4 is 19.8 Å². The van der Waals surface area contributed by atoms with Gasteiger partial charge in [0, 0.05) is 19.4 Å². The summed E-state index contributed by atoms with van der Waals surface area (Å²) in [6.45, 7) is 3.67. The Balaban J connectivity index is 4.02. The number of phosphoric acid groups is 1. The SMILES string of the molecule is CCCC/C=C\C/C=C\CCCCCCCC(=O)OCC(COP(=O)(O)OCCN)OC(=O)CCCCCCCCCCCCCC/C=C\C/C=C\C/C=C\CCCCCCC. The molecular weight excluding hydrogens is 798 g/mol. The highest BCUT2D eigenvalue weighted by Crippen LogP contribution is 2.43. The van der Waals surface area contributed by atoms with E-state index in [1.54, 1.807) is 0 Å². The first kappa shape index (κ1) is 59.7. The summed E-state index contributed by atoms with van der Waals surface area (Å²) in [5, 5.41) is 0. The number of hydrogen-bond acceptors (Lipinski definition) is 8. The maximum Gasteiger partial charge on any atom is 0.472 e. The zero-order valence-electron chi connectivity index (χ0n) is 39.8. The van der Waals surface area contributed by atoms with Gasteiger partial charge in [0.25, 0.3) is 0 Å². The summed E-state index contributed by atoms with van der Waals surface area (Å²) in [6.07, 6.45) is 58.3. The topological polar surface area (TPSA) is 134 Å². The van der Waals surface area contributed by atoms with Crippen LogP contribution in [0.4, 0.5) is 0 Å². The summed E-state index contributed by atoms with van der Waals surface area (Å²) in [6, 6.07) is 0. The first-order valence-corrected chi connectivity index (χ1v) is 26.8. The summed E-state index contributed by atoms with van der Waals surface area (Å²) in [5.74, 6) is -0.846. The van der Waals surface area contributed by atoms with Gasteiger partial charge < -0.3 is 20.1 Å². The molecule has 0 aliphatic heterocycles. The van der Waals surface area contributed by atoms with E-state index in [0.717, 1.165) is 77.0 Å². The Bertz CT molecular complexity index is 1200. The van der Waals surface area contributed by atoms with Gasteiger partial charge in [-0.2, -0.15) is 0 Å². The molecule has 0 aromatic carbocycles. The van der Waals surface area contributed by atoms with E-state index in [4.69, 9.17) is 24.3 Å². The van der Waals surface area contributed by atoms with E-state index in [-0.39, 0.29) is 32.6 Å². The lowest BCUT2D eigenvalue weighted by Gasteiger charge is -2.19. The summed E-state index contributed by atoms with van der Waals surface area (Å²) >= 11 is 0. The number of nitrogens with two attached hydrogens (primary N) is 1. The monoisotopic (exact) mass is 892 g/mol. The third-order valence-corrected chi connectivity index (χ3v) is 11.6. The number of carbonyl (C=O) groups is 2. The molecule has 3 N–H and O–H groups in total. The highest BCUT2D eigenvalue weighted by molar-refractivity contribution is 7.47. The molecule has 0 saturated carbocycles. The van der Waals surface area contributed by atoms with Gasteiger partial charge in [0.2, 0.25) is 0 Å². The van der Waals surface area contributed by atoms with Crippen LogP contribution in [0.3, 0.4) is 0 Å². The number of carbonyl (C=O) groups excluding carboxylic acids is 2. The minimum atomic E-state index is -4.39. The number of rotatable bonds is 47. The molecule has 2 unspecified atom stereocenters. The number of allylic oxidation sites excluding steroid dienone is 10. The van der Waals surface area contributed by atoms with Crippen LogP contribution in [0.15, 0.2) is 60.8 Å². The van der Waals surface area contributed by atoms with Crippen LogP contribution in [0, 0.1) is 0 Å². The van der Waals surface area contributed by atoms with E-state index < -0.39 is 32.5 Å². The smallest absolute Gasteiger partial charge is 0.462 e. The molecule has 0 aromatic rings. The summed E-state index contributed by atoms with van der Waals surface area (Å²) in [5.41, 5.74) is 5.36. The molecule has 0 aliphatic carbocycles. The number of phosphoric ester groups is 1. The number of ether oxygens (including phenoxy) is 2. The van der Waals surface area contributed by atoms with Crippen LogP contribution in [0.5, 0.6) is 0 Å². The number of hydrogen-bond donors (Lipinski definition) is 2. The van der Waals surface area contributed by atoms with E-state index in [1.807, 2.05) is 0 Å². The molecule has 0 amide bonds. The predicted molar refractivity (Wildman–Crippen MR) is 261 cm³/mol. The molecule has 2 atom stereocenters. The fraction of sp³-hybridized carbons (Fsp3) is 0.769. The minimum Gasteiger partial charge on any atom is -0.462 e. The maximum atomic E-state index is 12.6. The Morgan fingerprint density at radius 1 is 0.484 bits per heavy atom. The molecule has 0 rings (SSSR count). The van der Waals surface area contributed by atoms with Gasteiger partial charge in [0.05, 0.1) is 13.2 Å². The third kappa shape index (κ3) is 47.2. The molecule has 0 aliphatic rings. The molecule has 9 nitrogen and oxygen atoms in total. The van der Waals surface area contributed by atoms with Crippen molar-refractivity contribution in [3.8, 4) is 0 Å². The number of unbranched alkanes of at least 4 members (excludes halogenated alkanes) is 24. The lowest BCUT2D eigenvalue weighted by molar-refractivity contribution is -0.161. The van der Waals surface area contributed by atoms with Crippen LogP contribution in [0.2, 0.25) is 0 Å². The van der Waals surface area contributed by atoms with Crippen molar-refractivity contribution in [1.29, 1.82) is 0 Å². The van der Waals surface area contributed by atoms with E-state index in [9.17, 15) is 19.0 Å². The lowest BCUT2D eigenvalue weighted by Crippen LogP contribution is -2.29. The van der Waals surface area contributed by atoms with E-state index in [2.05, 4.69) is 74.6 Å². The summed E-state index contributed by atoms with van der Waals surface area (Å²) in [4.78, 5) is 35.0. The van der Waals surface area contributed by atoms with Crippen molar-refractivity contribution in [2.45, 2.75) is 232 Å². The zero-order chi connectivity index (χ0) is 45.3. The quantitative estimate of drug-likeness (QED) is 0.0265. The van der Waals surface area contributed by atoms with Gasteiger partial charge in [-0.15, -0.1) is 0 Å². The van der Waals surface area contributed by atoms with Gasteiger partial charge in [-0.1, -0.05) is 197 Å². The molecule has 62 heavy (non-hydrogen) atoms.